The van der Waals surface area contributed by atoms with Gasteiger partial charge in [-0.15, -0.1) is 11.6 Å². The SMILES string of the molecule is ClCCc1nc2cc(Br)ccc2n1-c1ccc(Br)cc1Br. The van der Waals surface area contributed by atoms with Gasteiger partial charge < -0.3 is 0 Å². The van der Waals surface area contributed by atoms with Crippen molar-refractivity contribution in [3.63, 3.8) is 0 Å². The smallest absolute Gasteiger partial charge is 0.115 e. The molecule has 21 heavy (non-hydrogen) atoms. The van der Waals surface area contributed by atoms with E-state index >= 15 is 0 Å². The molecule has 0 unspecified atom stereocenters. The van der Waals surface area contributed by atoms with Gasteiger partial charge >= 0.3 is 0 Å². The van der Waals surface area contributed by atoms with Gasteiger partial charge in [0, 0.05) is 25.7 Å². The van der Waals surface area contributed by atoms with Crippen molar-refractivity contribution in [2.45, 2.75) is 6.42 Å². The zero-order chi connectivity index (χ0) is 15.0. The minimum absolute atomic E-state index is 0.540. The molecule has 0 aliphatic rings. The number of imidazole rings is 1. The molecule has 0 amide bonds. The van der Waals surface area contributed by atoms with Gasteiger partial charge in [-0.2, -0.15) is 0 Å². The van der Waals surface area contributed by atoms with Gasteiger partial charge in [0.15, 0.2) is 0 Å². The molecule has 108 valence electrons. The summed E-state index contributed by atoms with van der Waals surface area (Å²) in [5.41, 5.74) is 3.09. The topological polar surface area (TPSA) is 17.8 Å². The Morgan fingerprint density at radius 2 is 1.71 bits per heavy atom. The Balaban J connectivity index is 2.30. The summed E-state index contributed by atoms with van der Waals surface area (Å²) in [6.07, 6.45) is 0.719. The third-order valence-corrected chi connectivity index (χ3v) is 4.97. The maximum Gasteiger partial charge on any atom is 0.115 e. The summed E-state index contributed by atoms with van der Waals surface area (Å²) in [5.74, 6) is 1.50. The van der Waals surface area contributed by atoms with Gasteiger partial charge in [-0.25, -0.2) is 4.98 Å². The lowest BCUT2D eigenvalue weighted by Crippen LogP contribution is -2.03. The fourth-order valence-corrected chi connectivity index (χ4v) is 4.03. The molecule has 3 aromatic rings. The molecular formula is C15H10Br3ClN2. The number of nitrogens with zero attached hydrogens (tertiary/aromatic N) is 2. The van der Waals surface area contributed by atoms with Gasteiger partial charge in [-0.05, 0) is 52.3 Å². The molecule has 6 heteroatoms. The van der Waals surface area contributed by atoms with E-state index in [0.717, 1.165) is 42.4 Å². The van der Waals surface area contributed by atoms with Crippen LogP contribution in [0.25, 0.3) is 16.7 Å². The van der Waals surface area contributed by atoms with Crippen molar-refractivity contribution in [1.82, 2.24) is 9.55 Å². The van der Waals surface area contributed by atoms with Crippen LogP contribution in [0.4, 0.5) is 0 Å². The maximum atomic E-state index is 5.94. The molecule has 0 aliphatic heterocycles. The van der Waals surface area contributed by atoms with Crippen molar-refractivity contribution in [1.29, 1.82) is 0 Å². The molecule has 0 aliphatic carbocycles. The van der Waals surface area contributed by atoms with Crippen LogP contribution in [0.5, 0.6) is 0 Å². The molecule has 3 rings (SSSR count). The van der Waals surface area contributed by atoms with Crippen LogP contribution in [-0.4, -0.2) is 15.4 Å². The minimum atomic E-state index is 0.540. The molecule has 0 spiro atoms. The monoisotopic (exact) mass is 490 g/mol. The van der Waals surface area contributed by atoms with Crippen molar-refractivity contribution < 1.29 is 0 Å². The number of halogens is 4. The van der Waals surface area contributed by atoms with E-state index in [1.807, 2.05) is 24.3 Å². The number of aryl methyl sites for hydroxylation is 1. The van der Waals surface area contributed by atoms with Crippen LogP contribution in [0.2, 0.25) is 0 Å². The van der Waals surface area contributed by atoms with Crippen LogP contribution < -0.4 is 0 Å². The number of hydrogen-bond acceptors (Lipinski definition) is 1. The van der Waals surface area contributed by atoms with Gasteiger partial charge in [0.2, 0.25) is 0 Å². The second-order valence-electron chi connectivity index (χ2n) is 4.53. The van der Waals surface area contributed by atoms with Crippen molar-refractivity contribution >= 4 is 70.4 Å². The fourth-order valence-electron chi connectivity index (χ4n) is 2.29. The Bertz CT molecular complexity index is 814. The van der Waals surface area contributed by atoms with Crippen LogP contribution in [0.15, 0.2) is 49.8 Å². The molecule has 1 aromatic heterocycles. The lowest BCUT2D eigenvalue weighted by Gasteiger charge is -2.11. The molecule has 0 saturated carbocycles. The minimum Gasteiger partial charge on any atom is -0.295 e. The summed E-state index contributed by atoms with van der Waals surface area (Å²) in [7, 11) is 0. The van der Waals surface area contributed by atoms with Crippen LogP contribution in [0, 0.1) is 0 Å². The average Bonchev–Trinajstić information content (AvgIpc) is 2.76. The van der Waals surface area contributed by atoms with E-state index in [0.29, 0.717) is 5.88 Å². The fraction of sp³-hybridized carbons (Fsp3) is 0.133. The molecule has 0 N–H and O–H groups in total. The molecule has 2 aromatic carbocycles. The van der Waals surface area contributed by atoms with Crippen LogP contribution >= 0.6 is 59.4 Å². The Hall–Kier alpha value is -0.360. The first-order valence-electron chi connectivity index (χ1n) is 6.28. The Morgan fingerprint density at radius 1 is 1.00 bits per heavy atom. The highest BCUT2D eigenvalue weighted by atomic mass is 79.9. The molecule has 0 bridgehead atoms. The molecular weight excluding hydrogens is 483 g/mol. The molecule has 0 radical (unpaired) electrons. The summed E-state index contributed by atoms with van der Waals surface area (Å²) >= 11 is 16.6. The first-order valence-corrected chi connectivity index (χ1v) is 9.20. The van der Waals surface area contributed by atoms with E-state index in [9.17, 15) is 0 Å². The number of alkyl halides is 1. The van der Waals surface area contributed by atoms with Gasteiger partial charge in [0.25, 0.3) is 0 Å². The van der Waals surface area contributed by atoms with E-state index in [4.69, 9.17) is 16.6 Å². The largest absolute Gasteiger partial charge is 0.295 e. The number of hydrogen-bond donors (Lipinski definition) is 0. The summed E-state index contributed by atoms with van der Waals surface area (Å²) in [6, 6.07) is 12.2. The predicted octanol–water partition coefficient (Wildman–Crippen LogP) is 6.09. The Morgan fingerprint density at radius 3 is 2.43 bits per heavy atom. The number of benzene rings is 2. The van der Waals surface area contributed by atoms with Crippen LogP contribution in [-0.2, 0) is 6.42 Å². The summed E-state index contributed by atoms with van der Waals surface area (Å²) in [4.78, 5) is 4.72. The standard InChI is InChI=1S/C15H10Br3ClN2/c16-9-1-3-13(11(18)7-9)21-14-4-2-10(17)8-12(14)20-15(21)5-6-19/h1-4,7-8H,5-6H2. The van der Waals surface area contributed by atoms with Gasteiger partial charge in [0.05, 0.1) is 16.7 Å². The van der Waals surface area contributed by atoms with Gasteiger partial charge in [0.1, 0.15) is 5.82 Å². The van der Waals surface area contributed by atoms with Gasteiger partial charge in [-0.3, -0.25) is 4.57 Å². The number of fused-ring (bicyclic) bond motifs is 1. The van der Waals surface area contributed by atoms with Gasteiger partial charge in [-0.1, -0.05) is 31.9 Å². The Labute approximate surface area is 152 Å². The molecule has 0 fully saturated rings. The highest BCUT2D eigenvalue weighted by molar-refractivity contribution is 9.11. The van der Waals surface area contributed by atoms with E-state index in [1.54, 1.807) is 0 Å². The van der Waals surface area contributed by atoms with Crippen molar-refractivity contribution in [3.05, 3.63) is 55.6 Å². The zero-order valence-corrected chi connectivity index (χ0v) is 16.3. The summed E-state index contributed by atoms with van der Waals surface area (Å²) < 4.78 is 5.21. The third-order valence-electron chi connectivity index (χ3n) is 3.15. The third kappa shape index (κ3) is 3.07. The van der Waals surface area contributed by atoms with E-state index < -0.39 is 0 Å². The predicted molar refractivity (Wildman–Crippen MR) is 98.6 cm³/mol. The first-order chi connectivity index (χ1) is 10.1. The van der Waals surface area contributed by atoms with E-state index in [-0.39, 0.29) is 0 Å². The van der Waals surface area contributed by atoms with Crippen LogP contribution in [0.3, 0.4) is 0 Å². The Kier molecular flexibility index (Phi) is 4.74. The molecule has 2 nitrogen and oxygen atoms in total. The zero-order valence-electron chi connectivity index (χ0n) is 10.8. The molecule has 0 saturated heterocycles. The quantitative estimate of drug-likeness (QED) is 0.404. The van der Waals surface area contributed by atoms with E-state index in [2.05, 4.69) is 64.5 Å². The summed E-state index contributed by atoms with van der Waals surface area (Å²) in [5, 5.41) is 0. The second kappa shape index (κ2) is 6.41. The van der Waals surface area contributed by atoms with Crippen LogP contribution in [0.1, 0.15) is 5.82 Å². The lowest BCUT2D eigenvalue weighted by atomic mass is 10.2. The number of aromatic nitrogens is 2. The first kappa shape index (κ1) is 15.5. The van der Waals surface area contributed by atoms with Crippen molar-refractivity contribution in [3.8, 4) is 5.69 Å². The van der Waals surface area contributed by atoms with Crippen molar-refractivity contribution in [2.24, 2.45) is 0 Å². The highest BCUT2D eigenvalue weighted by Gasteiger charge is 2.14. The second-order valence-corrected chi connectivity index (χ2v) is 7.59. The lowest BCUT2D eigenvalue weighted by molar-refractivity contribution is 0.909. The summed E-state index contributed by atoms with van der Waals surface area (Å²) in [6.45, 7) is 0. The average molecular weight is 493 g/mol. The maximum absolute atomic E-state index is 5.94. The van der Waals surface area contributed by atoms with E-state index in [1.165, 1.54) is 0 Å². The highest BCUT2D eigenvalue weighted by Crippen LogP contribution is 2.30. The molecule has 1 heterocycles. The number of rotatable bonds is 3. The van der Waals surface area contributed by atoms with Crippen molar-refractivity contribution in [2.75, 3.05) is 5.88 Å². The molecule has 0 atom stereocenters. The normalized spacial score (nSPS) is 11.2.